The van der Waals surface area contributed by atoms with Crippen LogP contribution in [0.2, 0.25) is 0 Å². The summed E-state index contributed by atoms with van der Waals surface area (Å²) in [6, 6.07) is 0. The average molecular weight is 1610 g/mol. The summed E-state index contributed by atoms with van der Waals surface area (Å²) in [7, 11) is 0. The molecule has 2 unspecified atom stereocenters. The Hall–Kier alpha value is -6.67. The maximum Gasteiger partial charge on any atom is 0.551 e. The number of nitrogens with one attached hydrogen (secondary N) is 5. The molecule has 0 radical (unpaired) electrons. The smallest absolute Gasteiger partial charge is 0.452 e. The SMILES string of the molecule is C=C.C=C.C=C.CC(C)(C)OC(=O)NC[N+](CCCN(CN)C(=O)OC(C)(C)C)(OCC(=O)NCCSC(=O)OC(C)(C)C)C(=O)OC(C)(C)C.CC(C)(C)OC(=O)NC[N+](CCCN(CNF)C(=O)OC(C)(C)C)(OCC(=O)NCCSC(=O)OC(C)(C)C)C(=O)OC(C)(C)C.CCCSC(=O)OC(C)(C)C. The van der Waals surface area contributed by atoms with Crippen LogP contribution in [0.1, 0.15) is 213 Å². The summed E-state index contributed by atoms with van der Waals surface area (Å²) in [6.07, 6.45) is -3.79. The Morgan fingerprint density at radius 3 is 0.917 bits per heavy atom. The lowest BCUT2D eigenvalue weighted by atomic mass is 10.2. The van der Waals surface area contributed by atoms with Gasteiger partial charge in [-0.3, -0.25) is 30.0 Å². The Morgan fingerprint density at radius 2 is 0.657 bits per heavy atom. The topological polar surface area (TPSA) is 382 Å². The van der Waals surface area contributed by atoms with E-state index in [2.05, 4.69) is 60.7 Å². The van der Waals surface area contributed by atoms with E-state index < -0.39 is 146 Å². The summed E-state index contributed by atoms with van der Waals surface area (Å²) in [6.45, 7) is 63.2. The Bertz CT molecular complexity index is 2680. The number of rotatable bonds is 29. The van der Waals surface area contributed by atoms with Gasteiger partial charge in [-0.1, -0.05) is 16.2 Å². The largest absolute Gasteiger partial charge is 0.551 e. The molecule has 0 fully saturated rings. The molecule has 0 aliphatic carbocycles. The molecular formula is C72H139FN10O22S3+2. The van der Waals surface area contributed by atoms with Crippen LogP contribution in [0.15, 0.2) is 39.5 Å². The third kappa shape index (κ3) is 67.4. The second-order valence-electron chi connectivity index (χ2n) is 31.7. The van der Waals surface area contributed by atoms with E-state index in [9.17, 15) is 57.2 Å². The summed E-state index contributed by atoms with van der Waals surface area (Å²) in [5, 5.41) is 9.11. The van der Waals surface area contributed by atoms with Crippen LogP contribution in [0.25, 0.3) is 0 Å². The van der Waals surface area contributed by atoms with Crippen molar-refractivity contribution in [3.05, 3.63) is 39.5 Å². The van der Waals surface area contributed by atoms with Crippen molar-refractivity contribution in [2.75, 3.05) is 96.4 Å². The maximum atomic E-state index is 13.6. The molecule has 2 atom stereocenters. The number of amides is 8. The van der Waals surface area contributed by atoms with E-state index in [1.807, 2.05) is 27.7 Å². The van der Waals surface area contributed by atoms with Crippen LogP contribution < -0.4 is 32.5 Å². The first-order valence-electron chi connectivity index (χ1n) is 35.0. The van der Waals surface area contributed by atoms with Crippen molar-refractivity contribution in [3.8, 4) is 0 Å². The second-order valence-corrected chi connectivity index (χ2v) is 34.8. The van der Waals surface area contributed by atoms with Crippen LogP contribution in [-0.2, 0) is 61.9 Å². The molecule has 0 aromatic carbocycles. The minimum Gasteiger partial charge on any atom is -0.452 e. The molecule has 32 nitrogen and oxygen atoms in total. The van der Waals surface area contributed by atoms with Gasteiger partial charge in [-0.25, -0.2) is 33.6 Å². The van der Waals surface area contributed by atoms with Crippen molar-refractivity contribution < 1.29 is 119 Å². The highest BCUT2D eigenvalue weighted by molar-refractivity contribution is 8.13. The fraction of sp³-hybridized carbons (Fsp3) is 0.764. The number of nitrogens with two attached hydrogens (primary N) is 1. The van der Waals surface area contributed by atoms with Gasteiger partial charge in [-0.05, 0) is 229 Å². The zero-order valence-electron chi connectivity index (χ0n) is 70.4. The first-order chi connectivity index (χ1) is 49.0. The number of ether oxygens (including phenoxy) is 9. The lowest BCUT2D eigenvalue weighted by Crippen LogP contribution is -2.61. The van der Waals surface area contributed by atoms with Gasteiger partial charge in [0.1, 0.15) is 70.2 Å². The molecule has 0 aromatic heterocycles. The zero-order chi connectivity index (χ0) is 86.2. The maximum absolute atomic E-state index is 13.6. The summed E-state index contributed by atoms with van der Waals surface area (Å²) in [4.78, 5) is 152. The van der Waals surface area contributed by atoms with Crippen LogP contribution >= 0.6 is 35.3 Å². The number of carbonyl (C=O) groups is 11. The highest BCUT2D eigenvalue weighted by Gasteiger charge is 2.47. The lowest BCUT2D eigenvalue weighted by molar-refractivity contribution is -1.05. The van der Waals surface area contributed by atoms with E-state index in [0.29, 0.717) is 0 Å². The number of hydrogen-bond acceptors (Lipinski definition) is 27. The van der Waals surface area contributed by atoms with E-state index in [-0.39, 0.29) is 81.2 Å². The van der Waals surface area contributed by atoms with Gasteiger partial charge in [0.2, 0.25) is 0 Å². The van der Waals surface area contributed by atoms with E-state index >= 15 is 0 Å². The Labute approximate surface area is 657 Å². The second kappa shape index (κ2) is 54.1. The highest BCUT2D eigenvalue weighted by Crippen LogP contribution is 2.24. The van der Waals surface area contributed by atoms with Crippen molar-refractivity contribution in [1.29, 1.82) is 0 Å². The predicted molar refractivity (Wildman–Crippen MR) is 423 cm³/mol. The zero-order valence-corrected chi connectivity index (χ0v) is 72.9. The molecule has 8 amide bonds. The number of nitrogens with zero attached hydrogens (tertiary/aromatic N) is 4. The molecule has 632 valence electrons. The fourth-order valence-corrected chi connectivity index (χ4v) is 8.93. The Kier molecular flexibility index (Phi) is 56.2. The van der Waals surface area contributed by atoms with Crippen LogP contribution in [0.3, 0.4) is 0 Å². The van der Waals surface area contributed by atoms with Gasteiger partial charge in [-0.15, -0.1) is 49.5 Å². The third-order valence-corrected chi connectivity index (χ3v) is 13.0. The first-order valence-corrected chi connectivity index (χ1v) is 38.0. The molecule has 0 spiro atoms. The van der Waals surface area contributed by atoms with Crippen LogP contribution in [0.4, 0.5) is 47.6 Å². The number of carbonyl (C=O) groups excluding carboxylic acids is 11. The van der Waals surface area contributed by atoms with Gasteiger partial charge in [0, 0.05) is 56.3 Å². The van der Waals surface area contributed by atoms with Crippen molar-refractivity contribution in [1.82, 2.24) is 36.6 Å². The molecule has 0 bridgehead atoms. The highest BCUT2D eigenvalue weighted by atomic mass is 32.2. The predicted octanol–water partition coefficient (Wildman–Crippen LogP) is 14.9. The molecular weight excluding hydrogens is 1470 g/mol. The van der Waals surface area contributed by atoms with E-state index in [1.165, 1.54) is 22.2 Å². The summed E-state index contributed by atoms with van der Waals surface area (Å²) >= 11 is 3.04. The Balaban J connectivity index is -0.000000397. The standard InChI is InChI=1S/C29H54FN5O10S.C29H55N5O10S.C8H16O2S.3C2H4/c1-26(2,3)42-22(37)32-20-35(24(39)44-28(7,8)9,16-13-15-34(19-33-30)23(38)43-27(4,5)6)41-18-21(36)31-14-17-46-25(40)45-29(10,11)12;1-26(2,3)41-22(36)32-20-34(24(38)43-28(7,8)9,16-13-15-33(19-30)23(37)42-27(4,5)6)40-18-21(35)31-14-17-45-25(39)44-29(10,11)12;1-5-6-11-7(9)10-8(2,3)4;3*1-2/h33H,13-20H2,1-12H3,(H-,31,32,36,37);13-20,30H2,1-12H3,(H-,31,32,35,36);5-6H2,1-4H3;3*1-2H2/p+2. The van der Waals surface area contributed by atoms with Crippen molar-refractivity contribution in [2.24, 2.45) is 5.73 Å². The number of hydroxylamine groups is 6. The first kappa shape index (κ1) is 112. The molecule has 0 saturated heterocycles. The van der Waals surface area contributed by atoms with Gasteiger partial charge in [-0.2, -0.15) is 19.3 Å². The Morgan fingerprint density at radius 1 is 0.389 bits per heavy atom. The molecule has 0 saturated carbocycles. The van der Waals surface area contributed by atoms with Gasteiger partial charge in [0.25, 0.3) is 11.8 Å². The minimum atomic E-state index is -1.04. The molecule has 0 rings (SSSR count). The summed E-state index contributed by atoms with van der Waals surface area (Å²) < 4.78 is 59.2. The minimum absolute atomic E-state index is 0.0182. The molecule has 0 aromatic rings. The molecule has 0 aliphatic heterocycles. The summed E-state index contributed by atoms with van der Waals surface area (Å²) in [5.74, 6) is 0.0999. The van der Waals surface area contributed by atoms with Crippen molar-refractivity contribution in [2.45, 2.75) is 264 Å². The van der Waals surface area contributed by atoms with Crippen molar-refractivity contribution in [3.63, 3.8) is 0 Å². The van der Waals surface area contributed by atoms with E-state index in [1.54, 1.807) is 166 Å². The number of hydrogen-bond donors (Lipinski definition) is 6. The van der Waals surface area contributed by atoms with E-state index in [4.69, 9.17) is 58.0 Å². The monoisotopic (exact) mass is 1610 g/mol. The quantitative estimate of drug-likeness (QED) is 0.00592. The normalized spacial score (nSPS) is 12.7. The fourth-order valence-electron chi connectivity index (χ4n) is 6.89. The number of alkyl carbamates (subject to hydrolysis) is 2. The molecule has 7 N–H and O–H groups in total. The van der Waals surface area contributed by atoms with E-state index in [0.717, 1.165) is 40.6 Å². The van der Waals surface area contributed by atoms with Crippen LogP contribution in [0.5, 0.6) is 0 Å². The lowest BCUT2D eigenvalue weighted by Gasteiger charge is -2.34. The third-order valence-electron chi connectivity index (χ3n) is 10.6. The summed E-state index contributed by atoms with van der Waals surface area (Å²) in [5.41, 5.74) is 0.373. The van der Waals surface area contributed by atoms with Crippen molar-refractivity contribution >= 4 is 99.6 Å². The van der Waals surface area contributed by atoms with Gasteiger partial charge in [0.15, 0.2) is 26.6 Å². The molecule has 0 heterocycles. The number of quaternary nitrogens is 2. The van der Waals surface area contributed by atoms with Gasteiger partial charge in [0.05, 0.1) is 6.67 Å². The van der Waals surface area contributed by atoms with Crippen LogP contribution in [0, 0.1) is 0 Å². The molecule has 0 aliphatic rings. The molecule has 36 heteroatoms. The van der Waals surface area contributed by atoms with Crippen LogP contribution in [-0.4, -0.2) is 230 Å². The van der Waals surface area contributed by atoms with Gasteiger partial charge >= 0.3 is 52.5 Å². The van der Waals surface area contributed by atoms with Gasteiger partial charge < -0.3 is 59.0 Å². The number of thioether (sulfide) groups is 3. The average Bonchev–Trinajstić information content (AvgIpc) is 0.821. The number of halogens is 1. The molecule has 108 heavy (non-hydrogen) atoms.